The first-order valence-corrected chi connectivity index (χ1v) is 4.68. The lowest BCUT2D eigenvalue weighted by molar-refractivity contribution is 0.168. The number of nitrogen functional groups attached to an aromatic ring is 1. The monoisotopic (exact) mass is 229 g/mol. The van der Waals surface area contributed by atoms with E-state index in [0.29, 0.717) is 13.2 Å². The Balaban J connectivity index is 2.57. The minimum absolute atomic E-state index is 0.143. The molecule has 1 heterocycles. The second-order valence-corrected chi connectivity index (χ2v) is 2.77. The highest BCUT2D eigenvalue weighted by atomic mass is 16.5. The number of methoxy groups -OCH3 is 2. The molecule has 8 heteroatoms. The van der Waals surface area contributed by atoms with E-state index in [4.69, 9.17) is 20.1 Å². The maximum Gasteiger partial charge on any atom is 0.324 e. The van der Waals surface area contributed by atoms with Crippen molar-refractivity contribution in [1.82, 2.24) is 15.0 Å². The van der Waals surface area contributed by atoms with Gasteiger partial charge in [-0.3, -0.25) is 5.43 Å². The molecule has 0 radical (unpaired) electrons. The van der Waals surface area contributed by atoms with Gasteiger partial charge in [-0.05, 0) is 0 Å². The van der Waals surface area contributed by atoms with Crippen LogP contribution in [0.15, 0.2) is 0 Å². The van der Waals surface area contributed by atoms with Crippen LogP contribution in [0.25, 0.3) is 0 Å². The second kappa shape index (κ2) is 6.75. The molecule has 0 fully saturated rings. The Morgan fingerprint density at radius 2 is 1.88 bits per heavy atom. The van der Waals surface area contributed by atoms with Crippen LogP contribution in [-0.2, 0) is 4.74 Å². The summed E-state index contributed by atoms with van der Waals surface area (Å²) in [6.45, 7) is 1.06. The van der Waals surface area contributed by atoms with E-state index in [1.54, 1.807) is 7.11 Å². The quantitative estimate of drug-likeness (QED) is 0.369. The van der Waals surface area contributed by atoms with Gasteiger partial charge in [-0.1, -0.05) is 0 Å². The highest BCUT2D eigenvalue weighted by molar-refractivity contribution is 5.25. The van der Waals surface area contributed by atoms with E-state index in [2.05, 4.69) is 20.4 Å². The van der Waals surface area contributed by atoms with Gasteiger partial charge in [-0.25, -0.2) is 5.84 Å². The van der Waals surface area contributed by atoms with E-state index < -0.39 is 0 Å². The zero-order chi connectivity index (χ0) is 11.8. The number of hydrogen-bond acceptors (Lipinski definition) is 8. The second-order valence-electron chi connectivity index (χ2n) is 2.77. The Morgan fingerprint density at radius 1 is 1.12 bits per heavy atom. The van der Waals surface area contributed by atoms with E-state index in [9.17, 15) is 0 Å². The largest absolute Gasteiger partial charge is 0.467 e. The van der Waals surface area contributed by atoms with Crippen LogP contribution in [-0.4, -0.2) is 42.4 Å². The van der Waals surface area contributed by atoms with Crippen molar-refractivity contribution >= 4 is 5.95 Å². The first kappa shape index (κ1) is 12.4. The lowest BCUT2D eigenvalue weighted by Gasteiger charge is -2.06. The fraction of sp³-hybridized carbons (Fsp3) is 0.625. The molecule has 3 N–H and O–H groups in total. The fourth-order valence-electron chi connectivity index (χ4n) is 0.925. The third-order valence-electron chi connectivity index (χ3n) is 1.63. The van der Waals surface area contributed by atoms with Gasteiger partial charge >= 0.3 is 12.0 Å². The third kappa shape index (κ3) is 3.83. The van der Waals surface area contributed by atoms with E-state index in [0.717, 1.165) is 6.42 Å². The smallest absolute Gasteiger partial charge is 0.324 e. The average Bonchev–Trinajstić information content (AvgIpc) is 2.34. The predicted octanol–water partition coefficient (Wildman–Crippen LogP) is -0.419. The summed E-state index contributed by atoms with van der Waals surface area (Å²) in [6.07, 6.45) is 0.746. The first-order chi connectivity index (χ1) is 7.80. The molecule has 1 aromatic heterocycles. The van der Waals surface area contributed by atoms with Crippen LogP contribution < -0.4 is 20.7 Å². The van der Waals surface area contributed by atoms with Gasteiger partial charge in [0.2, 0.25) is 5.95 Å². The minimum atomic E-state index is 0.143. The summed E-state index contributed by atoms with van der Waals surface area (Å²) in [5.74, 6) is 5.37. The number of ether oxygens (including phenoxy) is 3. The predicted molar refractivity (Wildman–Crippen MR) is 56.2 cm³/mol. The summed E-state index contributed by atoms with van der Waals surface area (Å²) in [6, 6.07) is 0.306. The molecule has 0 bridgehead atoms. The van der Waals surface area contributed by atoms with Crippen molar-refractivity contribution in [3.8, 4) is 12.0 Å². The zero-order valence-corrected chi connectivity index (χ0v) is 9.27. The summed E-state index contributed by atoms with van der Waals surface area (Å²) in [4.78, 5) is 11.6. The Hall–Kier alpha value is -1.67. The number of anilines is 1. The van der Waals surface area contributed by atoms with E-state index in [1.807, 2.05) is 0 Å². The summed E-state index contributed by atoms with van der Waals surface area (Å²) in [5, 5.41) is 0. The fourth-order valence-corrected chi connectivity index (χ4v) is 0.925. The van der Waals surface area contributed by atoms with Crippen molar-refractivity contribution in [3.05, 3.63) is 0 Å². The molecule has 1 rings (SSSR count). The molecule has 0 spiro atoms. The standard InChI is InChI=1S/C8H15N5O3/c1-14-4-3-5-16-8-11-6(13-9)10-7(12-8)15-2/h3-5,9H2,1-2H3,(H,10,11,12,13). The number of hydrazine groups is 1. The SMILES string of the molecule is COCCCOc1nc(NN)nc(OC)n1. The molecular formula is C8H15N5O3. The van der Waals surface area contributed by atoms with Crippen molar-refractivity contribution in [2.24, 2.45) is 5.84 Å². The van der Waals surface area contributed by atoms with Crippen LogP contribution in [0, 0.1) is 0 Å². The van der Waals surface area contributed by atoms with Gasteiger partial charge < -0.3 is 14.2 Å². The minimum Gasteiger partial charge on any atom is -0.467 e. The molecule has 0 aromatic carbocycles. The van der Waals surface area contributed by atoms with Crippen molar-refractivity contribution in [2.45, 2.75) is 6.42 Å². The number of aromatic nitrogens is 3. The van der Waals surface area contributed by atoms with Gasteiger partial charge in [0.25, 0.3) is 0 Å². The lowest BCUT2D eigenvalue weighted by atomic mass is 10.5. The molecule has 16 heavy (non-hydrogen) atoms. The Kier molecular flexibility index (Phi) is 5.23. The number of hydrogen-bond donors (Lipinski definition) is 2. The van der Waals surface area contributed by atoms with Crippen molar-refractivity contribution in [3.63, 3.8) is 0 Å². The lowest BCUT2D eigenvalue weighted by Crippen LogP contribution is -2.13. The van der Waals surface area contributed by atoms with Gasteiger partial charge in [-0.2, -0.15) is 9.97 Å². The zero-order valence-electron chi connectivity index (χ0n) is 9.27. The molecule has 0 aliphatic heterocycles. The van der Waals surface area contributed by atoms with Gasteiger partial charge in [0, 0.05) is 20.1 Å². The molecule has 0 saturated heterocycles. The molecule has 0 aliphatic rings. The maximum atomic E-state index is 5.28. The number of nitrogens with one attached hydrogen (secondary N) is 1. The maximum absolute atomic E-state index is 5.28. The summed E-state index contributed by atoms with van der Waals surface area (Å²) >= 11 is 0. The summed E-state index contributed by atoms with van der Waals surface area (Å²) < 4.78 is 15.0. The van der Waals surface area contributed by atoms with Crippen LogP contribution in [0.4, 0.5) is 5.95 Å². The van der Waals surface area contributed by atoms with Crippen LogP contribution in [0.3, 0.4) is 0 Å². The van der Waals surface area contributed by atoms with E-state index in [1.165, 1.54) is 7.11 Å². The molecule has 0 unspecified atom stereocenters. The molecule has 90 valence electrons. The van der Waals surface area contributed by atoms with Crippen LogP contribution in [0.1, 0.15) is 6.42 Å². The van der Waals surface area contributed by atoms with Crippen LogP contribution >= 0.6 is 0 Å². The van der Waals surface area contributed by atoms with Crippen LogP contribution in [0.5, 0.6) is 12.0 Å². The molecule has 1 aromatic rings. The molecule has 8 nitrogen and oxygen atoms in total. The summed E-state index contributed by atoms with van der Waals surface area (Å²) in [7, 11) is 3.08. The highest BCUT2D eigenvalue weighted by Crippen LogP contribution is 2.11. The van der Waals surface area contributed by atoms with Gasteiger partial charge in [-0.15, -0.1) is 4.98 Å². The molecular weight excluding hydrogens is 214 g/mol. The van der Waals surface area contributed by atoms with Gasteiger partial charge in [0.05, 0.1) is 13.7 Å². The Morgan fingerprint density at radius 3 is 2.50 bits per heavy atom. The normalized spacial score (nSPS) is 9.94. The van der Waals surface area contributed by atoms with Crippen molar-refractivity contribution < 1.29 is 14.2 Å². The third-order valence-corrected chi connectivity index (χ3v) is 1.63. The average molecular weight is 229 g/mol. The Labute approximate surface area is 93.1 Å². The topological polar surface area (TPSA) is 104 Å². The van der Waals surface area contributed by atoms with Crippen molar-refractivity contribution in [1.29, 1.82) is 0 Å². The van der Waals surface area contributed by atoms with Gasteiger partial charge in [0.1, 0.15) is 0 Å². The number of nitrogens with zero attached hydrogens (tertiary/aromatic N) is 3. The molecule has 0 atom stereocenters. The van der Waals surface area contributed by atoms with E-state index >= 15 is 0 Å². The Bertz CT molecular complexity index is 300. The molecule has 0 amide bonds. The van der Waals surface area contributed by atoms with Gasteiger partial charge in [0.15, 0.2) is 0 Å². The van der Waals surface area contributed by atoms with Crippen LogP contribution in [0.2, 0.25) is 0 Å². The summed E-state index contributed by atoms with van der Waals surface area (Å²) in [5.41, 5.74) is 2.30. The first-order valence-electron chi connectivity index (χ1n) is 4.68. The number of nitrogens with two attached hydrogens (primary N) is 1. The molecule has 0 saturated carbocycles. The number of rotatable bonds is 7. The molecule has 0 aliphatic carbocycles. The van der Waals surface area contributed by atoms with E-state index in [-0.39, 0.29) is 18.0 Å². The highest BCUT2D eigenvalue weighted by Gasteiger charge is 2.06. The van der Waals surface area contributed by atoms with Crippen molar-refractivity contribution in [2.75, 3.05) is 32.9 Å².